The first kappa shape index (κ1) is 16.6. The first-order valence-corrected chi connectivity index (χ1v) is 9.03. The van der Waals surface area contributed by atoms with E-state index in [0.717, 1.165) is 18.5 Å². The predicted molar refractivity (Wildman–Crippen MR) is 98.1 cm³/mol. The molecule has 0 atom stereocenters. The number of hydrogen-bond donors (Lipinski definition) is 0. The van der Waals surface area contributed by atoms with Crippen molar-refractivity contribution in [2.45, 2.75) is 25.7 Å². The monoisotopic (exact) mass is 351 g/mol. The summed E-state index contributed by atoms with van der Waals surface area (Å²) in [5.41, 5.74) is 2.72. The Kier molecular flexibility index (Phi) is 4.61. The van der Waals surface area contributed by atoms with E-state index >= 15 is 0 Å². The van der Waals surface area contributed by atoms with E-state index in [1.54, 1.807) is 23.1 Å². The third kappa shape index (κ3) is 3.29. The summed E-state index contributed by atoms with van der Waals surface area (Å²) < 4.78 is 11.2. The number of nitrogens with zero attached hydrogens (tertiary/aromatic N) is 1. The van der Waals surface area contributed by atoms with Gasteiger partial charge in [-0.05, 0) is 36.2 Å². The van der Waals surface area contributed by atoms with Crippen LogP contribution in [0, 0.1) is 0 Å². The van der Waals surface area contributed by atoms with Gasteiger partial charge in [-0.1, -0.05) is 18.2 Å². The second-order valence-electron chi connectivity index (χ2n) is 6.56. The standard InChI is InChI=1S/C21H21NO4/c23-18(16-6-8-19-20(14-16)26-13-3-12-25-19)7-9-21(24)22-11-10-15-4-1-2-5-17(15)22/h1-2,4-6,8,14H,3,7,9-13H2. The zero-order valence-corrected chi connectivity index (χ0v) is 14.6. The molecule has 0 spiro atoms. The Morgan fingerprint density at radius 3 is 2.65 bits per heavy atom. The fraction of sp³-hybridized carbons (Fsp3) is 0.333. The zero-order chi connectivity index (χ0) is 17.9. The van der Waals surface area contributed by atoms with E-state index in [0.29, 0.717) is 36.8 Å². The van der Waals surface area contributed by atoms with Crippen molar-refractivity contribution in [1.82, 2.24) is 0 Å². The minimum atomic E-state index is -0.0542. The van der Waals surface area contributed by atoms with Gasteiger partial charge in [-0.25, -0.2) is 0 Å². The normalized spacial score (nSPS) is 15.3. The molecule has 2 aliphatic rings. The van der Waals surface area contributed by atoms with Gasteiger partial charge in [0.15, 0.2) is 17.3 Å². The molecule has 0 saturated heterocycles. The molecule has 2 aliphatic heterocycles. The van der Waals surface area contributed by atoms with Gasteiger partial charge >= 0.3 is 0 Å². The molecule has 0 bridgehead atoms. The quantitative estimate of drug-likeness (QED) is 0.792. The van der Waals surface area contributed by atoms with Crippen molar-refractivity contribution in [2.24, 2.45) is 0 Å². The van der Waals surface area contributed by atoms with Gasteiger partial charge < -0.3 is 14.4 Å². The van der Waals surface area contributed by atoms with Gasteiger partial charge in [-0.2, -0.15) is 0 Å². The summed E-state index contributed by atoms with van der Waals surface area (Å²) in [6.07, 6.45) is 2.10. The van der Waals surface area contributed by atoms with Crippen molar-refractivity contribution in [3.63, 3.8) is 0 Å². The highest BCUT2D eigenvalue weighted by molar-refractivity contribution is 6.01. The Balaban J connectivity index is 1.40. The van der Waals surface area contributed by atoms with Gasteiger partial charge in [-0.3, -0.25) is 9.59 Å². The molecule has 4 rings (SSSR count). The van der Waals surface area contributed by atoms with Crippen LogP contribution in [0.2, 0.25) is 0 Å². The lowest BCUT2D eigenvalue weighted by atomic mass is 10.1. The van der Waals surface area contributed by atoms with Crippen molar-refractivity contribution in [3.8, 4) is 11.5 Å². The van der Waals surface area contributed by atoms with Crippen molar-refractivity contribution in [2.75, 3.05) is 24.7 Å². The lowest BCUT2D eigenvalue weighted by Gasteiger charge is -2.17. The van der Waals surface area contributed by atoms with Crippen LogP contribution >= 0.6 is 0 Å². The summed E-state index contributed by atoms with van der Waals surface area (Å²) in [7, 11) is 0. The fourth-order valence-electron chi connectivity index (χ4n) is 3.43. The van der Waals surface area contributed by atoms with E-state index in [9.17, 15) is 9.59 Å². The number of rotatable bonds is 4. The maximum absolute atomic E-state index is 12.6. The molecule has 1 amide bonds. The highest BCUT2D eigenvalue weighted by atomic mass is 16.5. The first-order valence-electron chi connectivity index (χ1n) is 9.03. The molecule has 5 nitrogen and oxygen atoms in total. The van der Waals surface area contributed by atoms with Crippen LogP contribution < -0.4 is 14.4 Å². The largest absolute Gasteiger partial charge is 0.490 e. The van der Waals surface area contributed by atoms with Gasteiger partial charge in [0.05, 0.1) is 13.2 Å². The minimum absolute atomic E-state index is 0.00218. The molecule has 0 aliphatic carbocycles. The average Bonchev–Trinajstić information content (AvgIpc) is 2.96. The second-order valence-corrected chi connectivity index (χ2v) is 6.56. The number of hydrogen-bond acceptors (Lipinski definition) is 4. The molecule has 0 N–H and O–H groups in total. The van der Waals surface area contributed by atoms with Crippen LogP contribution in [0.25, 0.3) is 0 Å². The summed E-state index contributed by atoms with van der Waals surface area (Å²) in [6, 6.07) is 13.2. The number of benzene rings is 2. The Hall–Kier alpha value is -2.82. The maximum Gasteiger partial charge on any atom is 0.227 e. The third-order valence-electron chi connectivity index (χ3n) is 4.82. The van der Waals surface area contributed by atoms with Crippen LogP contribution in [0.4, 0.5) is 5.69 Å². The van der Waals surface area contributed by atoms with Crippen LogP contribution in [0.1, 0.15) is 35.2 Å². The van der Waals surface area contributed by atoms with E-state index < -0.39 is 0 Å². The molecule has 0 aromatic heterocycles. The lowest BCUT2D eigenvalue weighted by Crippen LogP contribution is -2.29. The second kappa shape index (κ2) is 7.20. The van der Waals surface area contributed by atoms with Crippen LogP contribution in [-0.4, -0.2) is 31.4 Å². The molecule has 2 aromatic carbocycles. The lowest BCUT2D eigenvalue weighted by molar-refractivity contribution is -0.118. The fourth-order valence-corrected chi connectivity index (χ4v) is 3.43. The Bertz CT molecular complexity index is 846. The number of amides is 1. The summed E-state index contributed by atoms with van der Waals surface area (Å²) in [4.78, 5) is 26.9. The molecule has 134 valence electrons. The summed E-state index contributed by atoms with van der Waals surface area (Å²) in [6.45, 7) is 1.89. The van der Waals surface area contributed by atoms with E-state index in [-0.39, 0.29) is 24.5 Å². The molecule has 5 heteroatoms. The van der Waals surface area contributed by atoms with Gasteiger partial charge in [0, 0.05) is 37.1 Å². The van der Waals surface area contributed by atoms with Crippen molar-refractivity contribution < 1.29 is 19.1 Å². The van der Waals surface area contributed by atoms with E-state index in [1.165, 1.54) is 5.56 Å². The molecule has 2 aromatic rings. The van der Waals surface area contributed by atoms with Crippen LogP contribution in [0.3, 0.4) is 0 Å². The molecule has 26 heavy (non-hydrogen) atoms. The van der Waals surface area contributed by atoms with E-state index in [4.69, 9.17) is 9.47 Å². The first-order chi connectivity index (χ1) is 12.7. The van der Waals surface area contributed by atoms with Gasteiger partial charge in [-0.15, -0.1) is 0 Å². The van der Waals surface area contributed by atoms with E-state index in [2.05, 4.69) is 0 Å². The number of carbonyl (C=O) groups excluding carboxylic acids is 2. The molecule has 2 heterocycles. The van der Waals surface area contributed by atoms with Crippen molar-refractivity contribution in [3.05, 3.63) is 53.6 Å². The third-order valence-corrected chi connectivity index (χ3v) is 4.82. The Morgan fingerprint density at radius 1 is 0.962 bits per heavy atom. The van der Waals surface area contributed by atoms with Gasteiger partial charge in [0.25, 0.3) is 0 Å². The van der Waals surface area contributed by atoms with Crippen molar-refractivity contribution in [1.29, 1.82) is 0 Å². The van der Waals surface area contributed by atoms with Crippen LogP contribution in [0.5, 0.6) is 11.5 Å². The Labute approximate surface area is 152 Å². The Morgan fingerprint density at radius 2 is 1.77 bits per heavy atom. The number of carbonyl (C=O) groups is 2. The van der Waals surface area contributed by atoms with Crippen LogP contribution in [-0.2, 0) is 11.2 Å². The molecule has 0 saturated carbocycles. The number of ether oxygens (including phenoxy) is 2. The molecule has 0 fully saturated rings. The highest BCUT2D eigenvalue weighted by Crippen LogP contribution is 2.31. The predicted octanol–water partition coefficient (Wildman–Crippen LogP) is 3.40. The average molecular weight is 351 g/mol. The number of para-hydroxylation sites is 1. The molecular weight excluding hydrogens is 330 g/mol. The van der Waals surface area contributed by atoms with Gasteiger partial charge in [0.1, 0.15) is 0 Å². The van der Waals surface area contributed by atoms with E-state index in [1.807, 2.05) is 24.3 Å². The number of ketones is 1. The summed E-state index contributed by atoms with van der Waals surface area (Å²) in [5.74, 6) is 1.22. The van der Waals surface area contributed by atoms with Crippen LogP contribution in [0.15, 0.2) is 42.5 Å². The SMILES string of the molecule is O=C(CCC(=O)N1CCc2ccccc21)c1ccc2c(c1)OCCCO2. The number of Topliss-reactive ketones (excluding diaryl/α,β-unsaturated/α-hetero) is 1. The smallest absolute Gasteiger partial charge is 0.227 e. The van der Waals surface area contributed by atoms with Crippen molar-refractivity contribution >= 4 is 17.4 Å². The number of fused-ring (bicyclic) bond motifs is 2. The minimum Gasteiger partial charge on any atom is -0.490 e. The summed E-state index contributed by atoms with van der Waals surface area (Å²) >= 11 is 0. The molecule has 0 unspecified atom stereocenters. The molecular formula is C21H21NO4. The molecule has 0 radical (unpaired) electrons. The highest BCUT2D eigenvalue weighted by Gasteiger charge is 2.24. The maximum atomic E-state index is 12.6. The number of anilines is 1. The topological polar surface area (TPSA) is 55.8 Å². The van der Waals surface area contributed by atoms with Gasteiger partial charge in [0.2, 0.25) is 5.91 Å². The summed E-state index contributed by atoms with van der Waals surface area (Å²) in [5, 5.41) is 0. The zero-order valence-electron chi connectivity index (χ0n) is 14.6.